The maximum Gasteiger partial charge on any atom is 0.235 e. The zero-order valence-electron chi connectivity index (χ0n) is 11.5. The number of sulfone groups is 1. The van der Waals surface area contributed by atoms with Crippen LogP contribution in [0.4, 0.5) is 0 Å². The Hall–Kier alpha value is -0.620. The van der Waals surface area contributed by atoms with Crippen LogP contribution in [0.15, 0.2) is 0 Å². The Morgan fingerprint density at radius 3 is 2.33 bits per heavy atom. The quantitative estimate of drug-likeness (QED) is 0.763. The van der Waals surface area contributed by atoms with E-state index in [4.69, 9.17) is 0 Å². The Kier molecular flexibility index (Phi) is 5.16. The average molecular weight is 276 g/mol. The lowest BCUT2D eigenvalue weighted by Crippen LogP contribution is -2.51. The molecule has 1 rings (SSSR count). The van der Waals surface area contributed by atoms with Crippen LogP contribution in [-0.2, 0) is 14.6 Å². The molecule has 0 radical (unpaired) electrons. The Morgan fingerprint density at radius 1 is 1.28 bits per heavy atom. The summed E-state index contributed by atoms with van der Waals surface area (Å²) in [5, 5.41) is 2.73. The van der Waals surface area contributed by atoms with Gasteiger partial charge >= 0.3 is 0 Å². The van der Waals surface area contributed by atoms with E-state index >= 15 is 0 Å². The van der Waals surface area contributed by atoms with E-state index in [-0.39, 0.29) is 11.3 Å². The molecule has 0 spiro atoms. The first-order valence-corrected chi connectivity index (χ1v) is 8.31. The van der Waals surface area contributed by atoms with Gasteiger partial charge in [0.2, 0.25) is 5.91 Å². The standard InChI is InChI=1S/C12H24N2O3S/c1-4-18(16,17)9-11(15)13-10-12(2,3)14-7-5-6-8-14/h4-10H2,1-3H3,(H,13,15). The molecular formula is C12H24N2O3S. The largest absolute Gasteiger partial charge is 0.353 e. The van der Waals surface area contributed by atoms with Crippen LogP contribution in [0.5, 0.6) is 0 Å². The van der Waals surface area contributed by atoms with Gasteiger partial charge in [-0.05, 0) is 39.8 Å². The molecule has 1 N–H and O–H groups in total. The predicted molar refractivity (Wildman–Crippen MR) is 72.2 cm³/mol. The van der Waals surface area contributed by atoms with Crippen molar-refractivity contribution in [3.8, 4) is 0 Å². The number of likely N-dealkylation sites (tertiary alicyclic amines) is 1. The first kappa shape index (κ1) is 15.4. The van der Waals surface area contributed by atoms with Gasteiger partial charge in [0.15, 0.2) is 9.84 Å². The Bertz CT molecular complexity index is 384. The van der Waals surface area contributed by atoms with Crippen LogP contribution in [-0.4, -0.2) is 55.9 Å². The maximum absolute atomic E-state index is 11.6. The second kappa shape index (κ2) is 6.02. The molecule has 6 heteroatoms. The van der Waals surface area contributed by atoms with Gasteiger partial charge in [0.25, 0.3) is 0 Å². The van der Waals surface area contributed by atoms with E-state index in [2.05, 4.69) is 24.1 Å². The van der Waals surface area contributed by atoms with Crippen molar-refractivity contribution in [2.45, 2.75) is 39.2 Å². The van der Waals surface area contributed by atoms with E-state index in [9.17, 15) is 13.2 Å². The Balaban J connectivity index is 2.42. The summed E-state index contributed by atoms with van der Waals surface area (Å²) < 4.78 is 22.6. The van der Waals surface area contributed by atoms with Gasteiger partial charge < -0.3 is 5.32 Å². The molecule has 18 heavy (non-hydrogen) atoms. The second-order valence-corrected chi connectivity index (χ2v) is 7.81. The van der Waals surface area contributed by atoms with Crippen molar-refractivity contribution in [1.82, 2.24) is 10.2 Å². The lowest BCUT2D eigenvalue weighted by Gasteiger charge is -2.35. The van der Waals surface area contributed by atoms with Gasteiger partial charge in [-0.2, -0.15) is 0 Å². The lowest BCUT2D eigenvalue weighted by atomic mass is 10.0. The van der Waals surface area contributed by atoms with Crippen molar-refractivity contribution >= 4 is 15.7 Å². The summed E-state index contributed by atoms with van der Waals surface area (Å²) >= 11 is 0. The molecule has 0 atom stereocenters. The van der Waals surface area contributed by atoms with Crippen LogP contribution in [0.3, 0.4) is 0 Å². The van der Waals surface area contributed by atoms with E-state index in [1.54, 1.807) is 6.92 Å². The summed E-state index contributed by atoms with van der Waals surface area (Å²) in [7, 11) is -3.23. The van der Waals surface area contributed by atoms with Crippen molar-refractivity contribution in [2.75, 3.05) is 31.1 Å². The number of carbonyl (C=O) groups is 1. The number of nitrogens with one attached hydrogen (secondary N) is 1. The SMILES string of the molecule is CCS(=O)(=O)CC(=O)NCC(C)(C)N1CCCC1. The predicted octanol–water partition coefficient (Wildman–Crippen LogP) is 0.412. The first-order chi connectivity index (χ1) is 8.27. The van der Waals surface area contributed by atoms with E-state index in [1.165, 1.54) is 12.8 Å². The highest BCUT2D eigenvalue weighted by Gasteiger charge is 2.29. The number of hydrogen-bond acceptors (Lipinski definition) is 4. The van der Waals surface area contributed by atoms with Gasteiger partial charge in [0, 0.05) is 17.8 Å². The van der Waals surface area contributed by atoms with Gasteiger partial charge in [-0.3, -0.25) is 9.69 Å². The summed E-state index contributed by atoms with van der Waals surface area (Å²) in [6.45, 7) is 8.30. The highest BCUT2D eigenvalue weighted by atomic mass is 32.2. The van der Waals surface area contributed by atoms with E-state index < -0.39 is 21.5 Å². The van der Waals surface area contributed by atoms with Crippen LogP contribution >= 0.6 is 0 Å². The molecule has 1 aliphatic heterocycles. The van der Waals surface area contributed by atoms with Crippen LogP contribution in [0.2, 0.25) is 0 Å². The molecule has 0 aromatic rings. The molecule has 106 valence electrons. The second-order valence-electron chi connectivity index (χ2n) is 5.46. The summed E-state index contributed by atoms with van der Waals surface area (Å²) in [5.74, 6) is -0.792. The average Bonchev–Trinajstić information content (AvgIpc) is 2.80. The van der Waals surface area contributed by atoms with Crippen LogP contribution in [0, 0.1) is 0 Å². The third-order valence-corrected chi connectivity index (χ3v) is 5.05. The van der Waals surface area contributed by atoms with E-state index in [1.807, 2.05) is 0 Å². The smallest absolute Gasteiger partial charge is 0.235 e. The molecule has 1 heterocycles. The van der Waals surface area contributed by atoms with Gasteiger partial charge in [0.1, 0.15) is 5.75 Å². The zero-order valence-corrected chi connectivity index (χ0v) is 12.3. The van der Waals surface area contributed by atoms with E-state index in [0.29, 0.717) is 6.54 Å². The molecule has 1 fully saturated rings. The minimum absolute atomic E-state index is 0.00986. The van der Waals surface area contributed by atoms with Crippen LogP contribution in [0.25, 0.3) is 0 Å². The summed E-state index contributed by atoms with van der Waals surface area (Å²) in [6, 6.07) is 0. The first-order valence-electron chi connectivity index (χ1n) is 6.49. The number of rotatable bonds is 6. The number of carbonyl (C=O) groups excluding carboxylic acids is 1. The maximum atomic E-state index is 11.6. The van der Waals surface area contributed by atoms with Gasteiger partial charge in [-0.15, -0.1) is 0 Å². The lowest BCUT2D eigenvalue weighted by molar-refractivity contribution is -0.119. The molecule has 1 amide bonds. The number of nitrogens with zero attached hydrogens (tertiary/aromatic N) is 1. The molecular weight excluding hydrogens is 252 g/mol. The minimum atomic E-state index is -3.23. The fourth-order valence-corrected chi connectivity index (χ4v) is 2.81. The topological polar surface area (TPSA) is 66.5 Å². The third-order valence-electron chi connectivity index (χ3n) is 3.47. The van der Waals surface area contributed by atoms with Gasteiger partial charge in [-0.25, -0.2) is 8.42 Å². The fraction of sp³-hybridized carbons (Fsp3) is 0.917. The Morgan fingerprint density at radius 2 is 1.83 bits per heavy atom. The molecule has 0 bridgehead atoms. The molecule has 0 unspecified atom stereocenters. The van der Waals surface area contributed by atoms with Gasteiger partial charge in [-0.1, -0.05) is 6.92 Å². The highest BCUT2D eigenvalue weighted by molar-refractivity contribution is 7.92. The van der Waals surface area contributed by atoms with Crippen molar-refractivity contribution in [3.05, 3.63) is 0 Å². The zero-order chi connectivity index (χ0) is 13.8. The highest BCUT2D eigenvalue weighted by Crippen LogP contribution is 2.19. The number of amides is 1. The van der Waals surface area contributed by atoms with Crippen molar-refractivity contribution < 1.29 is 13.2 Å². The summed E-state index contributed by atoms with van der Waals surface area (Å²) in [4.78, 5) is 13.9. The third kappa shape index (κ3) is 4.57. The Labute approximate surface area is 110 Å². The number of hydrogen-bond donors (Lipinski definition) is 1. The molecule has 0 aromatic carbocycles. The molecule has 0 aromatic heterocycles. The minimum Gasteiger partial charge on any atom is -0.353 e. The van der Waals surface area contributed by atoms with E-state index in [0.717, 1.165) is 13.1 Å². The molecule has 0 saturated carbocycles. The molecule has 0 aliphatic carbocycles. The molecule has 5 nitrogen and oxygen atoms in total. The van der Waals surface area contributed by atoms with Crippen molar-refractivity contribution in [3.63, 3.8) is 0 Å². The fourth-order valence-electron chi connectivity index (χ4n) is 2.10. The van der Waals surface area contributed by atoms with Crippen LogP contribution in [0.1, 0.15) is 33.6 Å². The normalized spacial score (nSPS) is 17.9. The molecule has 1 saturated heterocycles. The van der Waals surface area contributed by atoms with Crippen molar-refractivity contribution in [2.24, 2.45) is 0 Å². The van der Waals surface area contributed by atoms with Crippen LogP contribution < -0.4 is 5.32 Å². The molecule has 1 aliphatic rings. The van der Waals surface area contributed by atoms with Gasteiger partial charge in [0.05, 0.1) is 0 Å². The van der Waals surface area contributed by atoms with Crippen molar-refractivity contribution in [1.29, 1.82) is 0 Å². The summed E-state index contributed by atoms with van der Waals surface area (Å²) in [6.07, 6.45) is 2.39. The summed E-state index contributed by atoms with van der Waals surface area (Å²) in [5.41, 5.74) is -0.109. The monoisotopic (exact) mass is 276 g/mol.